The number of ether oxygens (including phenoxy) is 1. The van der Waals surface area contributed by atoms with Crippen molar-refractivity contribution in [2.24, 2.45) is 0 Å². The van der Waals surface area contributed by atoms with Crippen LogP contribution in [0.4, 0.5) is 0 Å². The summed E-state index contributed by atoms with van der Waals surface area (Å²) in [4.78, 5) is 15.4. The molecule has 0 saturated carbocycles. The standard InChI is InChI=1S/C25H19Cl2NO3/c1-15-23(16-5-3-2-4-6-16)24(29)19-9-10-22-20(25(19)31-15)13-28(14-30-22)12-17-7-8-18(26)11-21(17)27/h2-11H,12-14H2,1H3. The van der Waals surface area contributed by atoms with Gasteiger partial charge < -0.3 is 9.15 Å². The molecule has 31 heavy (non-hydrogen) atoms. The Hall–Kier alpha value is -2.79. The lowest BCUT2D eigenvalue weighted by Crippen LogP contribution is -2.32. The fourth-order valence-corrected chi connectivity index (χ4v) is 4.52. The Kier molecular flexibility index (Phi) is 5.22. The maximum absolute atomic E-state index is 13.3. The highest BCUT2D eigenvalue weighted by Crippen LogP contribution is 2.34. The highest BCUT2D eigenvalue weighted by molar-refractivity contribution is 6.35. The molecule has 4 nitrogen and oxygen atoms in total. The van der Waals surface area contributed by atoms with Crippen LogP contribution < -0.4 is 10.2 Å². The predicted molar refractivity (Wildman–Crippen MR) is 124 cm³/mol. The first kappa shape index (κ1) is 20.1. The van der Waals surface area contributed by atoms with E-state index in [2.05, 4.69) is 4.90 Å². The maximum Gasteiger partial charge on any atom is 0.200 e. The van der Waals surface area contributed by atoms with Gasteiger partial charge in [0.15, 0.2) is 0 Å². The lowest BCUT2D eigenvalue weighted by Gasteiger charge is -2.29. The SMILES string of the molecule is Cc1oc2c3c(ccc2c(=O)c1-c1ccccc1)OCN(Cc1ccc(Cl)cc1Cl)C3. The smallest absolute Gasteiger partial charge is 0.200 e. The van der Waals surface area contributed by atoms with E-state index in [0.29, 0.717) is 52.2 Å². The van der Waals surface area contributed by atoms with E-state index in [9.17, 15) is 4.79 Å². The van der Waals surface area contributed by atoms with E-state index < -0.39 is 0 Å². The molecule has 0 fully saturated rings. The number of fused-ring (bicyclic) bond motifs is 3. The number of hydrogen-bond donors (Lipinski definition) is 0. The third-order valence-corrected chi connectivity index (χ3v) is 6.14. The molecule has 0 saturated heterocycles. The highest BCUT2D eigenvalue weighted by atomic mass is 35.5. The molecule has 1 aromatic heterocycles. The highest BCUT2D eigenvalue weighted by Gasteiger charge is 2.24. The van der Waals surface area contributed by atoms with Crippen LogP contribution in [0.1, 0.15) is 16.9 Å². The van der Waals surface area contributed by atoms with Gasteiger partial charge in [0.1, 0.15) is 23.8 Å². The zero-order valence-corrected chi connectivity index (χ0v) is 18.3. The molecule has 0 amide bonds. The van der Waals surface area contributed by atoms with Crippen molar-refractivity contribution < 1.29 is 9.15 Å². The maximum atomic E-state index is 13.3. The van der Waals surface area contributed by atoms with Crippen LogP contribution in [0.5, 0.6) is 5.75 Å². The lowest BCUT2D eigenvalue weighted by molar-refractivity contribution is 0.0890. The van der Waals surface area contributed by atoms with Gasteiger partial charge in [-0.1, -0.05) is 59.6 Å². The molecule has 0 radical (unpaired) electrons. The van der Waals surface area contributed by atoms with Gasteiger partial charge in [0.25, 0.3) is 0 Å². The van der Waals surface area contributed by atoms with Crippen molar-refractivity contribution in [3.63, 3.8) is 0 Å². The predicted octanol–water partition coefficient (Wildman–Crippen LogP) is 6.43. The first-order valence-electron chi connectivity index (χ1n) is 9.95. The van der Waals surface area contributed by atoms with Crippen LogP contribution in [-0.2, 0) is 13.1 Å². The second-order valence-corrected chi connectivity index (χ2v) is 8.49. The van der Waals surface area contributed by atoms with E-state index in [4.69, 9.17) is 32.4 Å². The van der Waals surface area contributed by atoms with Crippen molar-refractivity contribution in [1.29, 1.82) is 0 Å². The molecule has 0 spiro atoms. The molecule has 156 valence electrons. The number of rotatable bonds is 3. The zero-order valence-electron chi connectivity index (χ0n) is 16.8. The van der Waals surface area contributed by atoms with Crippen LogP contribution in [0, 0.1) is 6.92 Å². The third-order valence-electron chi connectivity index (χ3n) is 5.55. The molecule has 0 unspecified atom stereocenters. The molecule has 5 rings (SSSR count). The van der Waals surface area contributed by atoms with Crippen molar-refractivity contribution in [2.45, 2.75) is 20.0 Å². The van der Waals surface area contributed by atoms with E-state index in [1.54, 1.807) is 12.1 Å². The summed E-state index contributed by atoms with van der Waals surface area (Å²) in [7, 11) is 0. The number of halogens is 2. The Labute approximate surface area is 189 Å². The summed E-state index contributed by atoms with van der Waals surface area (Å²) in [6, 6.07) is 18.7. The van der Waals surface area contributed by atoms with Crippen molar-refractivity contribution in [2.75, 3.05) is 6.73 Å². The van der Waals surface area contributed by atoms with Gasteiger partial charge in [-0.25, -0.2) is 0 Å². The van der Waals surface area contributed by atoms with Crippen LogP contribution in [0.2, 0.25) is 10.0 Å². The van der Waals surface area contributed by atoms with E-state index >= 15 is 0 Å². The monoisotopic (exact) mass is 451 g/mol. The van der Waals surface area contributed by atoms with Gasteiger partial charge in [-0.05, 0) is 42.3 Å². The number of hydrogen-bond acceptors (Lipinski definition) is 4. The van der Waals surface area contributed by atoms with Crippen molar-refractivity contribution >= 4 is 34.2 Å². The molecule has 1 aliphatic rings. The summed E-state index contributed by atoms with van der Waals surface area (Å²) in [6.45, 7) is 3.43. The Balaban J connectivity index is 1.55. The third kappa shape index (κ3) is 3.72. The Morgan fingerprint density at radius 3 is 2.61 bits per heavy atom. The van der Waals surface area contributed by atoms with Gasteiger partial charge in [-0.3, -0.25) is 9.69 Å². The van der Waals surface area contributed by atoms with Crippen molar-refractivity contribution in [3.8, 4) is 16.9 Å². The van der Waals surface area contributed by atoms with Gasteiger partial charge >= 0.3 is 0 Å². The Bertz CT molecular complexity index is 1350. The second kappa shape index (κ2) is 8.04. The number of nitrogens with zero attached hydrogens (tertiary/aromatic N) is 1. The van der Waals surface area contributed by atoms with Crippen molar-refractivity contribution in [1.82, 2.24) is 4.90 Å². The molecule has 0 N–H and O–H groups in total. The molecule has 0 bridgehead atoms. The minimum atomic E-state index is -0.0365. The van der Waals surface area contributed by atoms with Crippen LogP contribution in [0.25, 0.3) is 22.1 Å². The quantitative estimate of drug-likeness (QED) is 0.360. The van der Waals surface area contributed by atoms with Crippen LogP contribution in [0.3, 0.4) is 0 Å². The van der Waals surface area contributed by atoms with Gasteiger partial charge in [0.05, 0.1) is 16.5 Å². The van der Waals surface area contributed by atoms with Crippen LogP contribution in [-0.4, -0.2) is 11.6 Å². The second-order valence-electron chi connectivity index (χ2n) is 7.64. The number of aryl methyl sites for hydroxylation is 1. The molecular formula is C25H19Cl2NO3. The molecule has 1 aliphatic heterocycles. The minimum absolute atomic E-state index is 0.0365. The van der Waals surface area contributed by atoms with Crippen LogP contribution in [0.15, 0.2) is 69.9 Å². The fraction of sp³-hybridized carbons (Fsp3) is 0.160. The summed E-state index contributed by atoms with van der Waals surface area (Å²) in [6.07, 6.45) is 0. The summed E-state index contributed by atoms with van der Waals surface area (Å²) in [5.41, 5.74) is 3.81. The molecule has 6 heteroatoms. The van der Waals surface area contributed by atoms with Gasteiger partial charge in [0.2, 0.25) is 5.43 Å². The number of benzene rings is 3. The molecular weight excluding hydrogens is 433 g/mol. The summed E-state index contributed by atoms with van der Waals surface area (Å²) in [5.74, 6) is 1.33. The molecule has 4 aromatic rings. The van der Waals surface area contributed by atoms with Crippen LogP contribution >= 0.6 is 23.2 Å². The van der Waals surface area contributed by atoms with E-state index in [1.807, 2.05) is 55.5 Å². The Morgan fingerprint density at radius 1 is 1.03 bits per heavy atom. The molecule has 2 heterocycles. The van der Waals surface area contributed by atoms with Gasteiger partial charge in [0, 0.05) is 23.1 Å². The van der Waals surface area contributed by atoms with E-state index in [0.717, 1.165) is 22.4 Å². The summed E-state index contributed by atoms with van der Waals surface area (Å²) < 4.78 is 12.2. The average molecular weight is 452 g/mol. The largest absolute Gasteiger partial charge is 0.478 e. The summed E-state index contributed by atoms with van der Waals surface area (Å²) >= 11 is 12.4. The topological polar surface area (TPSA) is 42.7 Å². The average Bonchev–Trinajstić information content (AvgIpc) is 2.76. The molecule has 0 atom stereocenters. The zero-order chi connectivity index (χ0) is 21.5. The van der Waals surface area contributed by atoms with Gasteiger partial charge in [-0.2, -0.15) is 0 Å². The normalized spacial score (nSPS) is 13.8. The first-order chi connectivity index (χ1) is 15.0. The minimum Gasteiger partial charge on any atom is -0.478 e. The van der Waals surface area contributed by atoms with E-state index in [1.165, 1.54) is 0 Å². The summed E-state index contributed by atoms with van der Waals surface area (Å²) in [5, 5.41) is 1.77. The van der Waals surface area contributed by atoms with Gasteiger partial charge in [-0.15, -0.1) is 0 Å². The Morgan fingerprint density at radius 2 is 1.84 bits per heavy atom. The first-order valence-corrected chi connectivity index (χ1v) is 10.7. The molecule has 0 aliphatic carbocycles. The van der Waals surface area contributed by atoms with E-state index in [-0.39, 0.29) is 5.43 Å². The lowest BCUT2D eigenvalue weighted by atomic mass is 10.0. The fourth-order valence-electron chi connectivity index (χ4n) is 4.05. The molecule has 3 aromatic carbocycles. The van der Waals surface area contributed by atoms with Crippen molar-refractivity contribution in [3.05, 3.63) is 97.8 Å².